The van der Waals surface area contributed by atoms with Gasteiger partial charge in [0.25, 0.3) is 0 Å². The Labute approximate surface area is 128 Å². The number of nitrogens with zero attached hydrogens (tertiary/aromatic N) is 1. The number of hydrogen-bond donors (Lipinski definition) is 1. The van der Waals surface area contributed by atoms with Crippen LogP contribution in [0.3, 0.4) is 0 Å². The molecule has 0 aliphatic carbocycles. The Balaban J connectivity index is 1.87. The summed E-state index contributed by atoms with van der Waals surface area (Å²) in [7, 11) is 0. The molecule has 1 aliphatic rings. The maximum absolute atomic E-state index is 5.96. The van der Waals surface area contributed by atoms with E-state index in [9.17, 15) is 0 Å². The Bertz CT molecular complexity index is 422. The number of likely N-dealkylation sites (tertiary alicyclic amines) is 1. The van der Waals surface area contributed by atoms with Crippen molar-refractivity contribution < 1.29 is 0 Å². The predicted octanol–water partition coefficient (Wildman–Crippen LogP) is 4.11. The average molecular weight is 295 g/mol. The van der Waals surface area contributed by atoms with Crippen molar-refractivity contribution in [3.05, 3.63) is 34.9 Å². The summed E-state index contributed by atoms with van der Waals surface area (Å²) in [5.74, 6) is 0.768. The number of hydrogen-bond acceptors (Lipinski definition) is 2. The van der Waals surface area contributed by atoms with Gasteiger partial charge in [-0.2, -0.15) is 0 Å². The van der Waals surface area contributed by atoms with E-state index in [1.165, 1.54) is 25.1 Å². The van der Waals surface area contributed by atoms with Gasteiger partial charge in [-0.15, -0.1) is 0 Å². The summed E-state index contributed by atoms with van der Waals surface area (Å²) in [4.78, 5) is 2.58. The van der Waals surface area contributed by atoms with Gasteiger partial charge in [-0.25, -0.2) is 0 Å². The minimum absolute atomic E-state index is 0.217. The lowest BCUT2D eigenvalue weighted by Crippen LogP contribution is -2.39. The standard InChI is InChI=1S/C17H27ClN2/c1-13(15-5-7-16(18)8-6-15)20-10-9-14(12-20)11-19-17(2,3)4/h5-8,13-14,19H,9-12H2,1-4H3. The molecule has 1 saturated heterocycles. The van der Waals surface area contributed by atoms with E-state index in [0.29, 0.717) is 6.04 Å². The van der Waals surface area contributed by atoms with Crippen molar-refractivity contribution in [3.8, 4) is 0 Å². The predicted molar refractivity (Wildman–Crippen MR) is 87.3 cm³/mol. The van der Waals surface area contributed by atoms with Crippen LogP contribution in [-0.2, 0) is 0 Å². The fourth-order valence-electron chi connectivity index (χ4n) is 2.78. The van der Waals surface area contributed by atoms with E-state index in [1.807, 2.05) is 12.1 Å². The highest BCUT2D eigenvalue weighted by Gasteiger charge is 2.27. The third kappa shape index (κ3) is 4.47. The Hall–Kier alpha value is -0.570. The topological polar surface area (TPSA) is 15.3 Å². The largest absolute Gasteiger partial charge is 0.312 e. The van der Waals surface area contributed by atoms with Crippen LogP contribution in [0.15, 0.2) is 24.3 Å². The molecule has 1 fully saturated rings. The van der Waals surface area contributed by atoms with Gasteiger partial charge in [0.2, 0.25) is 0 Å². The van der Waals surface area contributed by atoms with Crippen molar-refractivity contribution in [3.63, 3.8) is 0 Å². The zero-order chi connectivity index (χ0) is 14.8. The minimum Gasteiger partial charge on any atom is -0.312 e. The number of nitrogens with one attached hydrogen (secondary N) is 1. The van der Waals surface area contributed by atoms with E-state index in [4.69, 9.17) is 11.6 Å². The van der Waals surface area contributed by atoms with E-state index < -0.39 is 0 Å². The highest BCUT2D eigenvalue weighted by Crippen LogP contribution is 2.28. The van der Waals surface area contributed by atoms with Crippen molar-refractivity contribution in [1.82, 2.24) is 10.2 Å². The van der Waals surface area contributed by atoms with Crippen LogP contribution in [-0.4, -0.2) is 30.1 Å². The smallest absolute Gasteiger partial charge is 0.0406 e. The monoisotopic (exact) mass is 294 g/mol. The van der Waals surface area contributed by atoms with Crippen molar-refractivity contribution in [1.29, 1.82) is 0 Å². The van der Waals surface area contributed by atoms with Crippen LogP contribution in [0.1, 0.15) is 45.7 Å². The summed E-state index contributed by atoms with van der Waals surface area (Å²) in [5.41, 5.74) is 1.58. The second-order valence-electron chi connectivity index (χ2n) is 7.01. The Morgan fingerprint density at radius 1 is 1.30 bits per heavy atom. The van der Waals surface area contributed by atoms with E-state index >= 15 is 0 Å². The van der Waals surface area contributed by atoms with Crippen LogP contribution in [0.5, 0.6) is 0 Å². The maximum Gasteiger partial charge on any atom is 0.0406 e. The molecule has 2 unspecified atom stereocenters. The number of rotatable bonds is 4. The van der Waals surface area contributed by atoms with Gasteiger partial charge in [-0.1, -0.05) is 23.7 Å². The molecule has 0 amide bonds. The van der Waals surface area contributed by atoms with Crippen LogP contribution in [0.4, 0.5) is 0 Å². The average Bonchev–Trinajstić information content (AvgIpc) is 2.84. The molecule has 20 heavy (non-hydrogen) atoms. The molecule has 1 heterocycles. The lowest BCUT2D eigenvalue weighted by Gasteiger charge is -2.26. The quantitative estimate of drug-likeness (QED) is 0.899. The first kappa shape index (κ1) is 15.8. The van der Waals surface area contributed by atoms with Gasteiger partial charge in [0.15, 0.2) is 0 Å². The molecule has 0 spiro atoms. The van der Waals surface area contributed by atoms with E-state index in [-0.39, 0.29) is 5.54 Å². The van der Waals surface area contributed by atoms with E-state index in [2.05, 4.69) is 50.0 Å². The lowest BCUT2D eigenvalue weighted by atomic mass is 10.0. The van der Waals surface area contributed by atoms with Gasteiger partial charge in [0.05, 0.1) is 0 Å². The molecule has 1 aromatic rings. The second kappa shape index (κ2) is 6.46. The van der Waals surface area contributed by atoms with Gasteiger partial charge < -0.3 is 5.32 Å². The van der Waals surface area contributed by atoms with Crippen LogP contribution in [0.2, 0.25) is 5.02 Å². The molecule has 3 heteroatoms. The SMILES string of the molecule is CC(c1ccc(Cl)cc1)N1CCC(CNC(C)(C)C)C1. The zero-order valence-electron chi connectivity index (χ0n) is 13.1. The molecule has 1 aliphatic heterocycles. The molecular weight excluding hydrogens is 268 g/mol. The highest BCUT2D eigenvalue weighted by molar-refractivity contribution is 6.30. The fourth-order valence-corrected chi connectivity index (χ4v) is 2.91. The maximum atomic E-state index is 5.96. The van der Waals surface area contributed by atoms with E-state index in [0.717, 1.165) is 17.5 Å². The van der Waals surface area contributed by atoms with Crippen molar-refractivity contribution >= 4 is 11.6 Å². The van der Waals surface area contributed by atoms with Crippen LogP contribution in [0.25, 0.3) is 0 Å². The van der Waals surface area contributed by atoms with Gasteiger partial charge >= 0.3 is 0 Å². The van der Waals surface area contributed by atoms with Crippen molar-refractivity contribution in [2.24, 2.45) is 5.92 Å². The third-order valence-corrected chi connectivity index (χ3v) is 4.39. The fraction of sp³-hybridized carbons (Fsp3) is 0.647. The minimum atomic E-state index is 0.217. The summed E-state index contributed by atoms with van der Waals surface area (Å²) in [6.45, 7) is 12.5. The Morgan fingerprint density at radius 2 is 1.95 bits per heavy atom. The van der Waals surface area contributed by atoms with Crippen molar-refractivity contribution in [2.75, 3.05) is 19.6 Å². The summed E-state index contributed by atoms with van der Waals surface area (Å²) in [5, 5.41) is 4.44. The van der Waals surface area contributed by atoms with Gasteiger partial charge in [-0.05, 0) is 70.8 Å². The second-order valence-corrected chi connectivity index (χ2v) is 7.44. The van der Waals surface area contributed by atoms with Crippen molar-refractivity contribution in [2.45, 2.75) is 45.7 Å². The molecule has 0 bridgehead atoms. The molecule has 2 rings (SSSR count). The van der Waals surface area contributed by atoms with Crippen LogP contribution < -0.4 is 5.32 Å². The first-order valence-corrected chi connectivity index (χ1v) is 7.97. The van der Waals surface area contributed by atoms with Crippen LogP contribution in [0, 0.1) is 5.92 Å². The number of benzene rings is 1. The molecule has 0 aromatic heterocycles. The van der Waals surface area contributed by atoms with Crippen LogP contribution >= 0.6 is 11.6 Å². The summed E-state index contributed by atoms with van der Waals surface area (Å²) in [6, 6.07) is 8.75. The first-order valence-electron chi connectivity index (χ1n) is 7.60. The number of halogens is 1. The molecule has 0 saturated carbocycles. The molecule has 2 nitrogen and oxygen atoms in total. The lowest BCUT2D eigenvalue weighted by molar-refractivity contribution is 0.248. The van der Waals surface area contributed by atoms with E-state index in [1.54, 1.807) is 0 Å². The molecule has 1 N–H and O–H groups in total. The van der Waals surface area contributed by atoms with Gasteiger partial charge in [-0.3, -0.25) is 4.90 Å². The summed E-state index contributed by atoms with van der Waals surface area (Å²) < 4.78 is 0. The highest BCUT2D eigenvalue weighted by atomic mass is 35.5. The summed E-state index contributed by atoms with van der Waals surface area (Å²) in [6.07, 6.45) is 1.29. The molecule has 2 atom stereocenters. The molecule has 0 radical (unpaired) electrons. The third-order valence-electron chi connectivity index (χ3n) is 4.14. The normalized spacial score (nSPS) is 22.1. The van der Waals surface area contributed by atoms with Gasteiger partial charge in [0.1, 0.15) is 0 Å². The molecule has 1 aromatic carbocycles. The zero-order valence-corrected chi connectivity index (χ0v) is 13.9. The molecule has 112 valence electrons. The molecular formula is C17H27ClN2. The summed E-state index contributed by atoms with van der Waals surface area (Å²) >= 11 is 5.96. The Morgan fingerprint density at radius 3 is 2.55 bits per heavy atom. The van der Waals surface area contributed by atoms with Gasteiger partial charge in [0, 0.05) is 23.1 Å². The first-order chi connectivity index (χ1) is 9.35. The Kier molecular flexibility index (Phi) is 5.11.